The highest BCUT2D eigenvalue weighted by Crippen LogP contribution is 2.07. The first-order valence-electron chi connectivity index (χ1n) is 9.93. The molecule has 2 aromatic carbocycles. The number of Topliss-reactive ketones (excluding diaryl/α,β-unsaturated/α-hetero) is 1. The third kappa shape index (κ3) is 7.69. The first-order chi connectivity index (χ1) is 14.9. The SMILES string of the molecule is C[C@@H](N)[C@H](NC(=O)c1ccc(C#Cc2ccc(CNCCC#N)cc2)cc1)C(=O)CO. The molecule has 2 atom stereocenters. The summed E-state index contributed by atoms with van der Waals surface area (Å²) in [5.41, 5.74) is 8.82. The molecule has 7 heteroatoms. The highest BCUT2D eigenvalue weighted by atomic mass is 16.3. The van der Waals surface area contributed by atoms with Gasteiger partial charge in [-0.15, -0.1) is 0 Å². The van der Waals surface area contributed by atoms with E-state index in [9.17, 15) is 9.59 Å². The number of nitrogens with one attached hydrogen (secondary N) is 2. The van der Waals surface area contributed by atoms with Gasteiger partial charge in [-0.1, -0.05) is 24.0 Å². The molecule has 0 aliphatic heterocycles. The Kier molecular flexibility index (Phi) is 9.41. The second-order valence-electron chi connectivity index (χ2n) is 7.04. The lowest BCUT2D eigenvalue weighted by molar-refractivity contribution is -0.123. The second-order valence-corrected chi connectivity index (χ2v) is 7.04. The van der Waals surface area contributed by atoms with E-state index < -0.39 is 30.4 Å². The summed E-state index contributed by atoms with van der Waals surface area (Å²) >= 11 is 0. The number of hydrogen-bond acceptors (Lipinski definition) is 6. The highest BCUT2D eigenvalue weighted by Gasteiger charge is 2.24. The molecule has 0 saturated heterocycles. The van der Waals surface area contributed by atoms with E-state index in [1.54, 1.807) is 31.2 Å². The molecular weight excluding hydrogens is 392 g/mol. The number of nitriles is 1. The molecule has 5 N–H and O–H groups in total. The van der Waals surface area contributed by atoms with Crippen LogP contribution in [0.3, 0.4) is 0 Å². The summed E-state index contributed by atoms with van der Waals surface area (Å²) < 4.78 is 0. The molecule has 160 valence electrons. The fourth-order valence-electron chi connectivity index (χ4n) is 2.76. The van der Waals surface area contributed by atoms with Crippen molar-refractivity contribution in [2.24, 2.45) is 5.73 Å². The zero-order valence-corrected chi connectivity index (χ0v) is 17.4. The fraction of sp³-hybridized carbons (Fsp3) is 0.292. The monoisotopic (exact) mass is 418 g/mol. The van der Waals surface area contributed by atoms with Crippen molar-refractivity contribution < 1.29 is 14.7 Å². The van der Waals surface area contributed by atoms with Crippen LogP contribution in [0, 0.1) is 23.2 Å². The Morgan fingerprint density at radius 2 is 1.65 bits per heavy atom. The van der Waals surface area contributed by atoms with Gasteiger partial charge in [0.2, 0.25) is 0 Å². The maximum atomic E-state index is 12.4. The Bertz CT molecular complexity index is 981. The van der Waals surface area contributed by atoms with Gasteiger partial charge in [-0.25, -0.2) is 0 Å². The normalized spacial score (nSPS) is 12.1. The number of ketones is 1. The molecule has 2 rings (SSSR count). The van der Waals surface area contributed by atoms with Crippen LogP contribution in [0.15, 0.2) is 48.5 Å². The van der Waals surface area contributed by atoms with Crippen LogP contribution >= 0.6 is 0 Å². The van der Waals surface area contributed by atoms with Gasteiger partial charge >= 0.3 is 0 Å². The van der Waals surface area contributed by atoms with Crippen molar-refractivity contribution in [1.82, 2.24) is 10.6 Å². The molecule has 2 aromatic rings. The van der Waals surface area contributed by atoms with E-state index in [2.05, 4.69) is 28.5 Å². The summed E-state index contributed by atoms with van der Waals surface area (Å²) in [6.07, 6.45) is 0.484. The van der Waals surface area contributed by atoms with Crippen molar-refractivity contribution >= 4 is 11.7 Å². The lowest BCUT2D eigenvalue weighted by Gasteiger charge is -2.20. The van der Waals surface area contributed by atoms with E-state index in [4.69, 9.17) is 16.1 Å². The van der Waals surface area contributed by atoms with Gasteiger partial charge in [0.25, 0.3) is 5.91 Å². The number of aliphatic hydroxyl groups excluding tert-OH is 1. The topological polar surface area (TPSA) is 128 Å². The standard InChI is InChI=1S/C24H26N4O3/c1-17(26)23(22(30)16-29)28-24(31)21-11-9-19(10-12-21)4-3-18-5-7-20(8-6-18)15-27-14-2-13-25/h5-12,17,23,27,29H,2,14-16,26H2,1H3,(H,28,31)/t17-,23+/m1/s1. The minimum absolute atomic E-state index is 0.371. The smallest absolute Gasteiger partial charge is 0.251 e. The van der Waals surface area contributed by atoms with Crippen LogP contribution in [-0.2, 0) is 11.3 Å². The average molecular weight is 418 g/mol. The van der Waals surface area contributed by atoms with Gasteiger partial charge in [0, 0.05) is 42.2 Å². The number of carbonyl (C=O) groups excluding carboxylic acids is 2. The van der Waals surface area contributed by atoms with Crippen LogP contribution in [-0.4, -0.2) is 42.0 Å². The molecule has 7 nitrogen and oxygen atoms in total. The van der Waals surface area contributed by atoms with E-state index in [1.165, 1.54) is 0 Å². The number of benzene rings is 2. The van der Waals surface area contributed by atoms with Gasteiger partial charge in [-0.3, -0.25) is 9.59 Å². The zero-order chi connectivity index (χ0) is 22.6. The molecule has 0 aliphatic rings. The van der Waals surface area contributed by atoms with Gasteiger partial charge in [0.1, 0.15) is 12.6 Å². The molecule has 0 radical (unpaired) electrons. The number of nitrogens with two attached hydrogens (primary N) is 1. The Hall–Kier alpha value is -3.49. The van der Waals surface area contributed by atoms with Crippen molar-refractivity contribution in [2.45, 2.75) is 32.0 Å². The predicted molar refractivity (Wildman–Crippen MR) is 118 cm³/mol. The summed E-state index contributed by atoms with van der Waals surface area (Å²) in [5, 5.41) is 23.3. The number of carbonyl (C=O) groups is 2. The lowest BCUT2D eigenvalue weighted by atomic mass is 10.0. The molecule has 0 fully saturated rings. The fourth-order valence-corrected chi connectivity index (χ4v) is 2.76. The molecule has 0 aliphatic carbocycles. The number of aliphatic hydroxyl groups is 1. The molecule has 0 aromatic heterocycles. The van der Waals surface area contributed by atoms with Crippen LogP contribution in [0.4, 0.5) is 0 Å². The van der Waals surface area contributed by atoms with E-state index >= 15 is 0 Å². The van der Waals surface area contributed by atoms with Crippen molar-refractivity contribution in [2.75, 3.05) is 13.2 Å². The van der Waals surface area contributed by atoms with Crippen molar-refractivity contribution in [3.8, 4) is 17.9 Å². The molecule has 0 spiro atoms. The molecule has 0 saturated carbocycles. The first kappa shape index (κ1) is 23.8. The second kappa shape index (κ2) is 12.3. The van der Waals surface area contributed by atoms with Gasteiger partial charge < -0.3 is 21.5 Å². The number of amides is 1. The van der Waals surface area contributed by atoms with Gasteiger partial charge in [0.15, 0.2) is 5.78 Å². The van der Waals surface area contributed by atoms with E-state index in [1.807, 2.05) is 24.3 Å². The first-order valence-corrected chi connectivity index (χ1v) is 9.93. The average Bonchev–Trinajstić information content (AvgIpc) is 2.79. The van der Waals surface area contributed by atoms with Crippen LogP contribution < -0.4 is 16.4 Å². The van der Waals surface area contributed by atoms with Crippen molar-refractivity contribution in [1.29, 1.82) is 5.26 Å². The Balaban J connectivity index is 1.97. The lowest BCUT2D eigenvalue weighted by Crippen LogP contribution is -2.52. The molecule has 31 heavy (non-hydrogen) atoms. The zero-order valence-electron chi connectivity index (χ0n) is 17.4. The predicted octanol–water partition coefficient (Wildman–Crippen LogP) is 1.10. The minimum Gasteiger partial charge on any atom is -0.388 e. The number of hydrogen-bond donors (Lipinski definition) is 4. The summed E-state index contributed by atoms with van der Waals surface area (Å²) in [6, 6.07) is 15.1. The number of rotatable bonds is 9. The van der Waals surface area contributed by atoms with Gasteiger partial charge in [-0.05, 0) is 48.9 Å². The van der Waals surface area contributed by atoms with E-state index in [-0.39, 0.29) is 0 Å². The molecular formula is C24H26N4O3. The maximum Gasteiger partial charge on any atom is 0.251 e. The quantitative estimate of drug-likeness (QED) is 0.357. The van der Waals surface area contributed by atoms with Crippen LogP contribution in [0.1, 0.15) is 40.4 Å². The summed E-state index contributed by atoms with van der Waals surface area (Å²) in [7, 11) is 0. The molecule has 1 amide bonds. The van der Waals surface area contributed by atoms with E-state index in [0.717, 1.165) is 16.7 Å². The Morgan fingerprint density at radius 3 is 2.16 bits per heavy atom. The van der Waals surface area contributed by atoms with Crippen molar-refractivity contribution in [3.05, 3.63) is 70.8 Å². The number of nitrogens with zero attached hydrogens (tertiary/aromatic N) is 1. The largest absolute Gasteiger partial charge is 0.388 e. The maximum absolute atomic E-state index is 12.4. The molecule has 0 heterocycles. The highest BCUT2D eigenvalue weighted by molar-refractivity contribution is 5.98. The van der Waals surface area contributed by atoms with Gasteiger partial charge in [0.05, 0.1) is 6.07 Å². The Labute approximate surface area is 182 Å². The van der Waals surface area contributed by atoms with Gasteiger partial charge in [-0.2, -0.15) is 5.26 Å². The summed E-state index contributed by atoms with van der Waals surface area (Å²) in [6.45, 7) is 2.27. The molecule has 0 unspecified atom stereocenters. The van der Waals surface area contributed by atoms with Crippen LogP contribution in [0.5, 0.6) is 0 Å². The van der Waals surface area contributed by atoms with E-state index in [0.29, 0.717) is 25.1 Å². The Morgan fingerprint density at radius 1 is 1.06 bits per heavy atom. The van der Waals surface area contributed by atoms with Crippen molar-refractivity contribution in [3.63, 3.8) is 0 Å². The van der Waals surface area contributed by atoms with Crippen LogP contribution in [0.25, 0.3) is 0 Å². The minimum atomic E-state index is -0.943. The third-order valence-corrected chi connectivity index (χ3v) is 4.51. The third-order valence-electron chi connectivity index (χ3n) is 4.51. The van der Waals surface area contributed by atoms with Crippen LogP contribution in [0.2, 0.25) is 0 Å². The summed E-state index contributed by atoms with van der Waals surface area (Å²) in [5.74, 6) is 5.16. The summed E-state index contributed by atoms with van der Waals surface area (Å²) in [4.78, 5) is 24.1. The molecule has 0 bridgehead atoms.